The summed E-state index contributed by atoms with van der Waals surface area (Å²) in [5.74, 6) is -0.271. The standard InChI is InChI=1S/C14H20O4S/c1-10(2)18-8-12(15)9-19-13-5-3-11(4-6-13)7-14(16)17/h3-6,10,12,15H,7-9H2,1-2H3,(H,16,17). The molecule has 1 aromatic rings. The number of ether oxygens (including phenoxy) is 1. The normalized spacial score (nSPS) is 12.6. The Labute approximate surface area is 117 Å². The molecule has 0 heterocycles. The lowest BCUT2D eigenvalue weighted by Crippen LogP contribution is -2.20. The van der Waals surface area contributed by atoms with E-state index in [-0.39, 0.29) is 12.5 Å². The van der Waals surface area contributed by atoms with Crippen LogP contribution in [0.4, 0.5) is 0 Å². The highest BCUT2D eigenvalue weighted by Gasteiger charge is 2.07. The minimum Gasteiger partial charge on any atom is -0.481 e. The lowest BCUT2D eigenvalue weighted by molar-refractivity contribution is -0.136. The number of carboxylic acids is 1. The van der Waals surface area contributed by atoms with Crippen LogP contribution in [0.1, 0.15) is 19.4 Å². The number of aliphatic carboxylic acids is 1. The average Bonchev–Trinajstić information content (AvgIpc) is 2.35. The molecule has 0 aliphatic carbocycles. The maximum absolute atomic E-state index is 10.5. The van der Waals surface area contributed by atoms with Crippen LogP contribution in [-0.2, 0) is 16.0 Å². The van der Waals surface area contributed by atoms with E-state index in [1.54, 1.807) is 12.1 Å². The van der Waals surface area contributed by atoms with Crippen molar-refractivity contribution in [2.75, 3.05) is 12.4 Å². The summed E-state index contributed by atoms with van der Waals surface area (Å²) in [6.45, 7) is 4.20. The van der Waals surface area contributed by atoms with Gasteiger partial charge in [-0.25, -0.2) is 0 Å². The van der Waals surface area contributed by atoms with Crippen molar-refractivity contribution in [3.8, 4) is 0 Å². The first kappa shape index (κ1) is 16.0. The largest absolute Gasteiger partial charge is 0.481 e. The highest BCUT2D eigenvalue weighted by atomic mass is 32.2. The molecule has 1 atom stereocenters. The molecule has 5 heteroatoms. The van der Waals surface area contributed by atoms with Gasteiger partial charge < -0.3 is 14.9 Å². The first-order valence-electron chi connectivity index (χ1n) is 6.20. The molecule has 1 unspecified atom stereocenters. The number of hydrogen-bond donors (Lipinski definition) is 2. The second-order valence-corrected chi connectivity index (χ2v) is 5.65. The molecule has 0 aliphatic heterocycles. The number of aliphatic hydroxyl groups excluding tert-OH is 1. The van der Waals surface area contributed by atoms with Crippen LogP contribution in [0.3, 0.4) is 0 Å². The average molecular weight is 284 g/mol. The molecule has 0 aliphatic rings. The third-order valence-electron chi connectivity index (χ3n) is 2.34. The van der Waals surface area contributed by atoms with Crippen LogP contribution < -0.4 is 0 Å². The van der Waals surface area contributed by atoms with Crippen molar-refractivity contribution in [2.24, 2.45) is 0 Å². The summed E-state index contributed by atoms with van der Waals surface area (Å²) in [6, 6.07) is 7.35. The Kier molecular flexibility index (Phi) is 6.91. The summed E-state index contributed by atoms with van der Waals surface area (Å²) < 4.78 is 5.33. The highest BCUT2D eigenvalue weighted by molar-refractivity contribution is 7.99. The fourth-order valence-electron chi connectivity index (χ4n) is 1.42. The Morgan fingerprint density at radius 2 is 1.95 bits per heavy atom. The van der Waals surface area contributed by atoms with Crippen molar-refractivity contribution in [1.29, 1.82) is 0 Å². The predicted molar refractivity (Wildman–Crippen MR) is 75.6 cm³/mol. The zero-order valence-corrected chi connectivity index (χ0v) is 12.0. The second kappa shape index (κ2) is 8.19. The van der Waals surface area contributed by atoms with Crippen LogP contribution in [0.15, 0.2) is 29.2 Å². The topological polar surface area (TPSA) is 66.8 Å². The Balaban J connectivity index is 2.35. The molecule has 0 amide bonds. The van der Waals surface area contributed by atoms with Crippen LogP contribution >= 0.6 is 11.8 Å². The van der Waals surface area contributed by atoms with Gasteiger partial charge >= 0.3 is 5.97 Å². The van der Waals surface area contributed by atoms with Gasteiger partial charge in [-0.15, -0.1) is 11.8 Å². The monoisotopic (exact) mass is 284 g/mol. The molecule has 4 nitrogen and oxygen atoms in total. The molecule has 0 fully saturated rings. The lowest BCUT2D eigenvalue weighted by Gasteiger charge is -2.13. The van der Waals surface area contributed by atoms with Crippen molar-refractivity contribution in [3.05, 3.63) is 29.8 Å². The molecule has 0 spiro atoms. The molecule has 2 N–H and O–H groups in total. The number of thioether (sulfide) groups is 1. The van der Waals surface area contributed by atoms with E-state index in [1.165, 1.54) is 11.8 Å². The summed E-state index contributed by atoms with van der Waals surface area (Å²) in [4.78, 5) is 11.6. The van der Waals surface area contributed by atoms with Crippen molar-refractivity contribution >= 4 is 17.7 Å². The van der Waals surface area contributed by atoms with E-state index in [2.05, 4.69) is 0 Å². The summed E-state index contributed by atoms with van der Waals surface area (Å²) in [5, 5.41) is 18.4. The van der Waals surface area contributed by atoms with Crippen molar-refractivity contribution in [1.82, 2.24) is 0 Å². The summed E-state index contributed by atoms with van der Waals surface area (Å²) in [6.07, 6.45) is -0.337. The lowest BCUT2D eigenvalue weighted by atomic mass is 10.2. The quantitative estimate of drug-likeness (QED) is 0.716. The third kappa shape index (κ3) is 7.20. The van der Waals surface area contributed by atoms with E-state index in [0.717, 1.165) is 10.5 Å². The minimum atomic E-state index is -0.832. The fourth-order valence-corrected chi connectivity index (χ4v) is 2.23. The molecule has 0 radical (unpaired) electrons. The van der Waals surface area contributed by atoms with Crippen LogP contribution in [0.5, 0.6) is 0 Å². The molecule has 0 aromatic heterocycles. The number of carbonyl (C=O) groups is 1. The van der Waals surface area contributed by atoms with Crippen LogP contribution in [0, 0.1) is 0 Å². The molecular formula is C14H20O4S. The van der Waals surface area contributed by atoms with Crippen molar-refractivity contribution < 1.29 is 19.7 Å². The fraction of sp³-hybridized carbons (Fsp3) is 0.500. The predicted octanol–water partition coefficient (Wildman–Crippen LogP) is 2.19. The molecule has 1 rings (SSSR count). The van der Waals surface area contributed by atoms with E-state index < -0.39 is 12.1 Å². The van der Waals surface area contributed by atoms with Gasteiger partial charge in [0.25, 0.3) is 0 Å². The number of aliphatic hydroxyl groups is 1. The second-order valence-electron chi connectivity index (χ2n) is 4.56. The van der Waals surface area contributed by atoms with Crippen molar-refractivity contribution in [2.45, 2.75) is 37.4 Å². The third-order valence-corrected chi connectivity index (χ3v) is 3.50. The minimum absolute atomic E-state index is 0.0375. The number of carboxylic acid groups (broad SMARTS) is 1. The maximum Gasteiger partial charge on any atom is 0.307 e. The van der Waals surface area contributed by atoms with Gasteiger partial charge in [0, 0.05) is 10.6 Å². The van der Waals surface area contributed by atoms with E-state index in [1.807, 2.05) is 26.0 Å². The van der Waals surface area contributed by atoms with Gasteiger partial charge in [-0.1, -0.05) is 12.1 Å². The highest BCUT2D eigenvalue weighted by Crippen LogP contribution is 2.19. The zero-order valence-electron chi connectivity index (χ0n) is 11.2. The van der Waals surface area contributed by atoms with Gasteiger partial charge in [0.15, 0.2) is 0 Å². The Hall–Kier alpha value is -1.04. The van der Waals surface area contributed by atoms with E-state index in [9.17, 15) is 9.90 Å². The molecule has 1 aromatic carbocycles. The first-order chi connectivity index (χ1) is 8.97. The van der Waals surface area contributed by atoms with Gasteiger partial charge in [-0.05, 0) is 31.5 Å². The smallest absolute Gasteiger partial charge is 0.307 e. The number of hydrogen-bond acceptors (Lipinski definition) is 4. The molecular weight excluding hydrogens is 264 g/mol. The summed E-state index contributed by atoms with van der Waals surface area (Å²) in [5.41, 5.74) is 0.778. The molecule has 0 saturated carbocycles. The SMILES string of the molecule is CC(C)OCC(O)CSc1ccc(CC(=O)O)cc1. The zero-order chi connectivity index (χ0) is 14.3. The van der Waals surface area contributed by atoms with E-state index in [4.69, 9.17) is 9.84 Å². The molecule has 106 valence electrons. The van der Waals surface area contributed by atoms with Gasteiger partial charge in [0.05, 0.1) is 25.2 Å². The maximum atomic E-state index is 10.5. The Morgan fingerprint density at radius 1 is 1.32 bits per heavy atom. The number of benzene rings is 1. The molecule has 0 saturated heterocycles. The van der Waals surface area contributed by atoms with Crippen LogP contribution in [0.25, 0.3) is 0 Å². The molecule has 0 bridgehead atoms. The van der Waals surface area contributed by atoms with Gasteiger partial charge in [0.2, 0.25) is 0 Å². The Bertz CT molecular complexity index is 389. The number of rotatable bonds is 8. The van der Waals surface area contributed by atoms with Gasteiger partial charge in [-0.2, -0.15) is 0 Å². The first-order valence-corrected chi connectivity index (χ1v) is 7.19. The van der Waals surface area contributed by atoms with Crippen LogP contribution in [0.2, 0.25) is 0 Å². The summed E-state index contributed by atoms with van der Waals surface area (Å²) >= 11 is 1.53. The molecule has 19 heavy (non-hydrogen) atoms. The summed E-state index contributed by atoms with van der Waals surface area (Å²) in [7, 11) is 0. The van der Waals surface area contributed by atoms with Gasteiger partial charge in [-0.3, -0.25) is 4.79 Å². The van der Waals surface area contributed by atoms with E-state index >= 15 is 0 Å². The van der Waals surface area contributed by atoms with Crippen LogP contribution in [-0.4, -0.2) is 40.8 Å². The van der Waals surface area contributed by atoms with Crippen molar-refractivity contribution in [3.63, 3.8) is 0 Å². The van der Waals surface area contributed by atoms with Gasteiger partial charge in [0.1, 0.15) is 0 Å². The van der Waals surface area contributed by atoms with E-state index in [0.29, 0.717) is 12.4 Å². The Morgan fingerprint density at radius 3 is 2.47 bits per heavy atom.